The molecule has 0 amide bonds. The van der Waals surface area contributed by atoms with Crippen LogP contribution in [0.4, 0.5) is 0 Å². The van der Waals surface area contributed by atoms with Gasteiger partial charge in [0.1, 0.15) is 0 Å². The molecular weight excluding hydrogens is 282 g/mol. The summed E-state index contributed by atoms with van der Waals surface area (Å²) < 4.78 is 0. The SMILES string of the molecule is O=C(O)c1ccc(CNC2CCSc3ccccc32)cc1. The van der Waals surface area contributed by atoms with E-state index in [0.29, 0.717) is 11.6 Å². The number of rotatable bonds is 4. The minimum absolute atomic E-state index is 0.332. The average Bonchev–Trinajstić information content (AvgIpc) is 2.53. The summed E-state index contributed by atoms with van der Waals surface area (Å²) >= 11 is 1.91. The van der Waals surface area contributed by atoms with E-state index in [0.717, 1.165) is 24.3 Å². The van der Waals surface area contributed by atoms with Crippen molar-refractivity contribution >= 4 is 17.7 Å². The molecule has 0 bridgehead atoms. The first kappa shape index (κ1) is 14.2. The Morgan fingerprint density at radius 1 is 1.19 bits per heavy atom. The Morgan fingerprint density at radius 3 is 2.71 bits per heavy atom. The van der Waals surface area contributed by atoms with Crippen LogP contribution in [0.15, 0.2) is 53.4 Å². The molecule has 1 unspecified atom stereocenters. The van der Waals surface area contributed by atoms with Crippen molar-refractivity contribution in [2.24, 2.45) is 0 Å². The van der Waals surface area contributed by atoms with Crippen molar-refractivity contribution in [1.82, 2.24) is 5.32 Å². The van der Waals surface area contributed by atoms with Gasteiger partial charge in [-0.1, -0.05) is 30.3 Å². The summed E-state index contributed by atoms with van der Waals surface area (Å²) in [4.78, 5) is 12.2. The fourth-order valence-electron chi connectivity index (χ4n) is 2.56. The maximum absolute atomic E-state index is 10.8. The van der Waals surface area contributed by atoms with Gasteiger partial charge in [0.25, 0.3) is 0 Å². The third-order valence-corrected chi connectivity index (χ3v) is 4.83. The second-order valence-electron chi connectivity index (χ2n) is 5.11. The van der Waals surface area contributed by atoms with Crippen LogP contribution < -0.4 is 5.32 Å². The first-order chi connectivity index (χ1) is 10.2. The van der Waals surface area contributed by atoms with Crippen LogP contribution in [0.3, 0.4) is 0 Å². The average molecular weight is 299 g/mol. The number of hydrogen-bond donors (Lipinski definition) is 2. The summed E-state index contributed by atoms with van der Waals surface area (Å²) in [5.41, 5.74) is 2.81. The highest BCUT2D eigenvalue weighted by Gasteiger charge is 2.19. The summed E-state index contributed by atoms with van der Waals surface area (Å²) in [7, 11) is 0. The number of hydrogen-bond acceptors (Lipinski definition) is 3. The Balaban J connectivity index is 1.67. The van der Waals surface area contributed by atoms with E-state index in [1.54, 1.807) is 12.1 Å². The Kier molecular flexibility index (Phi) is 4.27. The van der Waals surface area contributed by atoms with Gasteiger partial charge in [-0.3, -0.25) is 0 Å². The molecule has 21 heavy (non-hydrogen) atoms. The number of thioether (sulfide) groups is 1. The van der Waals surface area contributed by atoms with Crippen LogP contribution in [-0.4, -0.2) is 16.8 Å². The van der Waals surface area contributed by atoms with Gasteiger partial charge in [-0.25, -0.2) is 4.79 Å². The molecule has 2 N–H and O–H groups in total. The molecule has 108 valence electrons. The van der Waals surface area contributed by atoms with Crippen molar-refractivity contribution in [2.45, 2.75) is 23.9 Å². The minimum atomic E-state index is -0.882. The van der Waals surface area contributed by atoms with Crippen LogP contribution in [0.2, 0.25) is 0 Å². The molecule has 0 radical (unpaired) electrons. The summed E-state index contributed by atoms with van der Waals surface area (Å²) in [5, 5.41) is 12.5. The molecule has 0 saturated heterocycles. The molecule has 1 atom stereocenters. The largest absolute Gasteiger partial charge is 0.478 e. The number of nitrogens with one attached hydrogen (secondary N) is 1. The number of fused-ring (bicyclic) bond motifs is 1. The molecule has 2 aromatic carbocycles. The quantitative estimate of drug-likeness (QED) is 0.903. The lowest BCUT2D eigenvalue weighted by molar-refractivity contribution is 0.0697. The zero-order valence-corrected chi connectivity index (χ0v) is 12.4. The van der Waals surface area contributed by atoms with Crippen LogP contribution in [0.25, 0.3) is 0 Å². The van der Waals surface area contributed by atoms with E-state index in [4.69, 9.17) is 5.11 Å². The Bertz CT molecular complexity index is 639. The number of carbonyl (C=O) groups is 1. The van der Waals surface area contributed by atoms with E-state index < -0.39 is 5.97 Å². The van der Waals surface area contributed by atoms with E-state index in [1.165, 1.54) is 10.5 Å². The Morgan fingerprint density at radius 2 is 1.95 bits per heavy atom. The number of aromatic carboxylic acids is 1. The Labute approximate surface area is 128 Å². The predicted octanol–water partition coefficient (Wildman–Crippen LogP) is 3.71. The second kappa shape index (κ2) is 6.33. The second-order valence-corrected chi connectivity index (χ2v) is 6.25. The summed E-state index contributed by atoms with van der Waals surface area (Å²) in [6.07, 6.45) is 1.12. The molecule has 0 aliphatic carbocycles. The van der Waals surface area contributed by atoms with Gasteiger partial charge in [0.05, 0.1) is 5.56 Å². The van der Waals surface area contributed by atoms with Gasteiger partial charge in [0.15, 0.2) is 0 Å². The fourth-order valence-corrected chi connectivity index (χ4v) is 3.69. The third-order valence-electron chi connectivity index (χ3n) is 3.71. The highest BCUT2D eigenvalue weighted by molar-refractivity contribution is 7.99. The number of benzene rings is 2. The summed E-state index contributed by atoms with van der Waals surface area (Å²) in [6, 6.07) is 16.0. The normalized spacial score (nSPS) is 17.2. The van der Waals surface area contributed by atoms with Gasteiger partial charge in [-0.2, -0.15) is 0 Å². The van der Waals surface area contributed by atoms with Gasteiger partial charge in [0, 0.05) is 17.5 Å². The molecule has 3 rings (SSSR count). The molecule has 1 aliphatic heterocycles. The van der Waals surface area contributed by atoms with E-state index in [-0.39, 0.29) is 0 Å². The molecule has 2 aromatic rings. The lowest BCUT2D eigenvalue weighted by Gasteiger charge is -2.26. The third kappa shape index (κ3) is 3.28. The molecular formula is C17H17NO2S. The minimum Gasteiger partial charge on any atom is -0.478 e. The molecule has 0 fully saturated rings. The van der Waals surface area contributed by atoms with Gasteiger partial charge < -0.3 is 10.4 Å². The molecule has 0 spiro atoms. The number of carboxylic acids is 1. The first-order valence-corrected chi connectivity index (χ1v) is 8.00. The van der Waals surface area contributed by atoms with Crippen LogP contribution in [0.5, 0.6) is 0 Å². The summed E-state index contributed by atoms with van der Waals surface area (Å²) in [5.74, 6) is 0.250. The van der Waals surface area contributed by atoms with Crippen LogP contribution in [-0.2, 0) is 6.54 Å². The summed E-state index contributed by atoms with van der Waals surface area (Å²) in [6.45, 7) is 0.754. The fraction of sp³-hybridized carbons (Fsp3) is 0.235. The van der Waals surface area contributed by atoms with Crippen molar-refractivity contribution in [2.75, 3.05) is 5.75 Å². The monoisotopic (exact) mass is 299 g/mol. The number of carboxylic acid groups (broad SMARTS) is 1. The topological polar surface area (TPSA) is 49.3 Å². The van der Waals surface area contributed by atoms with Gasteiger partial charge in [0.2, 0.25) is 0 Å². The maximum Gasteiger partial charge on any atom is 0.335 e. The van der Waals surface area contributed by atoms with Gasteiger partial charge >= 0.3 is 5.97 Å². The van der Waals surface area contributed by atoms with Crippen LogP contribution >= 0.6 is 11.8 Å². The van der Waals surface area contributed by atoms with E-state index in [1.807, 2.05) is 23.9 Å². The van der Waals surface area contributed by atoms with Crippen LogP contribution in [0.1, 0.15) is 33.9 Å². The molecule has 3 nitrogen and oxygen atoms in total. The molecule has 1 heterocycles. The molecule has 1 aliphatic rings. The molecule has 4 heteroatoms. The zero-order chi connectivity index (χ0) is 14.7. The predicted molar refractivity (Wildman–Crippen MR) is 84.8 cm³/mol. The van der Waals surface area contributed by atoms with E-state index in [2.05, 4.69) is 29.6 Å². The van der Waals surface area contributed by atoms with E-state index in [9.17, 15) is 4.79 Å². The van der Waals surface area contributed by atoms with E-state index >= 15 is 0 Å². The van der Waals surface area contributed by atoms with Gasteiger partial charge in [-0.05, 0) is 41.5 Å². The first-order valence-electron chi connectivity index (χ1n) is 7.01. The van der Waals surface area contributed by atoms with Crippen LogP contribution in [0, 0.1) is 0 Å². The smallest absolute Gasteiger partial charge is 0.335 e. The van der Waals surface area contributed by atoms with Gasteiger partial charge in [-0.15, -0.1) is 11.8 Å². The van der Waals surface area contributed by atoms with Crippen molar-refractivity contribution in [3.63, 3.8) is 0 Å². The van der Waals surface area contributed by atoms with Crippen molar-refractivity contribution in [3.8, 4) is 0 Å². The standard InChI is InChI=1S/C17H17NO2S/c19-17(20)13-7-5-12(6-8-13)11-18-15-9-10-21-16-4-2-1-3-14(15)16/h1-8,15,18H,9-11H2,(H,19,20). The van der Waals surface area contributed by atoms with Crippen molar-refractivity contribution in [1.29, 1.82) is 0 Å². The molecule has 0 saturated carbocycles. The zero-order valence-electron chi connectivity index (χ0n) is 11.6. The van der Waals surface area contributed by atoms with Crippen molar-refractivity contribution < 1.29 is 9.90 Å². The molecule has 0 aromatic heterocycles. The van der Waals surface area contributed by atoms with Crippen molar-refractivity contribution in [3.05, 3.63) is 65.2 Å². The highest BCUT2D eigenvalue weighted by atomic mass is 32.2. The lowest BCUT2D eigenvalue weighted by atomic mass is 10.0. The Hall–Kier alpha value is -1.78. The lowest BCUT2D eigenvalue weighted by Crippen LogP contribution is -2.24. The maximum atomic E-state index is 10.8. The highest BCUT2D eigenvalue weighted by Crippen LogP contribution is 2.35.